The standard InChI is InChI=1S/C15H17NO2/c16-15(18)13-11-7-6-10(8-11)12(13)14(17)9-4-2-1-3-5-9/h1-5,10-13H,6-8H2,(H2,16,18)/t10-,11-,12-,13+/m0/s1. The van der Waals surface area contributed by atoms with E-state index in [0.717, 1.165) is 19.3 Å². The number of hydrogen-bond donors (Lipinski definition) is 1. The lowest BCUT2D eigenvalue weighted by molar-refractivity contribution is -0.124. The van der Waals surface area contributed by atoms with Gasteiger partial charge in [0.15, 0.2) is 5.78 Å². The molecule has 0 saturated heterocycles. The van der Waals surface area contributed by atoms with Crippen LogP contribution < -0.4 is 5.73 Å². The first kappa shape index (κ1) is 11.5. The molecule has 0 spiro atoms. The SMILES string of the molecule is NC(=O)[C@@H]1[C@H]2CC[C@@H](C2)[C@@H]1C(=O)c1ccccc1. The first-order valence-electron chi connectivity index (χ1n) is 6.57. The maximum Gasteiger partial charge on any atom is 0.221 e. The number of hydrogen-bond acceptors (Lipinski definition) is 2. The van der Waals surface area contributed by atoms with E-state index in [2.05, 4.69) is 0 Å². The van der Waals surface area contributed by atoms with E-state index in [9.17, 15) is 9.59 Å². The monoisotopic (exact) mass is 243 g/mol. The zero-order valence-corrected chi connectivity index (χ0v) is 10.2. The Balaban J connectivity index is 1.91. The van der Waals surface area contributed by atoms with E-state index in [1.165, 1.54) is 0 Å². The van der Waals surface area contributed by atoms with Gasteiger partial charge in [-0.3, -0.25) is 9.59 Å². The van der Waals surface area contributed by atoms with Crippen molar-refractivity contribution in [1.29, 1.82) is 0 Å². The van der Waals surface area contributed by atoms with Crippen LogP contribution in [0.5, 0.6) is 0 Å². The minimum atomic E-state index is -0.295. The van der Waals surface area contributed by atoms with Crippen molar-refractivity contribution in [3.63, 3.8) is 0 Å². The van der Waals surface area contributed by atoms with E-state index in [4.69, 9.17) is 5.73 Å². The molecule has 2 aliphatic rings. The molecule has 2 N–H and O–H groups in total. The lowest BCUT2D eigenvalue weighted by Gasteiger charge is -2.27. The summed E-state index contributed by atoms with van der Waals surface area (Å²) in [5.74, 6) is 0.0913. The van der Waals surface area contributed by atoms with Crippen LogP contribution in [0.3, 0.4) is 0 Å². The highest BCUT2D eigenvalue weighted by molar-refractivity contribution is 6.01. The van der Waals surface area contributed by atoms with Crippen LogP contribution in [0.2, 0.25) is 0 Å². The van der Waals surface area contributed by atoms with Gasteiger partial charge in [0.1, 0.15) is 0 Å². The number of nitrogens with two attached hydrogens (primary N) is 1. The van der Waals surface area contributed by atoms with Crippen molar-refractivity contribution in [3.05, 3.63) is 35.9 Å². The molecular formula is C15H17NO2. The minimum absolute atomic E-state index is 0.103. The maximum absolute atomic E-state index is 12.5. The van der Waals surface area contributed by atoms with Crippen molar-refractivity contribution < 1.29 is 9.59 Å². The number of carbonyl (C=O) groups excluding carboxylic acids is 2. The van der Waals surface area contributed by atoms with Gasteiger partial charge in [0, 0.05) is 11.5 Å². The topological polar surface area (TPSA) is 60.2 Å². The third-order valence-corrected chi connectivity index (χ3v) is 4.61. The molecule has 18 heavy (non-hydrogen) atoms. The second kappa shape index (κ2) is 4.23. The van der Waals surface area contributed by atoms with Crippen LogP contribution in [-0.4, -0.2) is 11.7 Å². The number of carbonyl (C=O) groups is 2. The van der Waals surface area contributed by atoms with Gasteiger partial charge in [-0.15, -0.1) is 0 Å². The van der Waals surface area contributed by atoms with Gasteiger partial charge in [0.2, 0.25) is 5.91 Å². The third-order valence-electron chi connectivity index (χ3n) is 4.61. The van der Waals surface area contributed by atoms with Gasteiger partial charge in [0.25, 0.3) is 0 Å². The Hall–Kier alpha value is -1.64. The highest BCUT2D eigenvalue weighted by atomic mass is 16.1. The predicted molar refractivity (Wildman–Crippen MR) is 67.8 cm³/mol. The minimum Gasteiger partial charge on any atom is -0.369 e. The molecule has 2 aliphatic carbocycles. The second-order valence-corrected chi connectivity index (χ2v) is 5.52. The fraction of sp³-hybridized carbons (Fsp3) is 0.467. The van der Waals surface area contributed by atoms with Crippen molar-refractivity contribution in [3.8, 4) is 0 Å². The van der Waals surface area contributed by atoms with Crippen LogP contribution in [0, 0.1) is 23.7 Å². The summed E-state index contributed by atoms with van der Waals surface area (Å²) in [7, 11) is 0. The van der Waals surface area contributed by atoms with Crippen molar-refractivity contribution in [2.45, 2.75) is 19.3 Å². The van der Waals surface area contributed by atoms with E-state index in [1.54, 1.807) is 0 Å². The first-order chi connectivity index (χ1) is 8.68. The number of amides is 1. The summed E-state index contributed by atoms with van der Waals surface area (Å²) in [5, 5.41) is 0. The Kier molecular flexibility index (Phi) is 2.69. The summed E-state index contributed by atoms with van der Waals surface area (Å²) in [5.41, 5.74) is 6.21. The quantitative estimate of drug-likeness (QED) is 0.825. The Morgan fingerprint density at radius 3 is 2.22 bits per heavy atom. The average molecular weight is 243 g/mol. The second-order valence-electron chi connectivity index (χ2n) is 5.52. The molecule has 1 aromatic rings. The molecule has 1 amide bonds. The van der Waals surface area contributed by atoms with E-state index in [0.29, 0.717) is 17.4 Å². The molecule has 0 radical (unpaired) electrons. The molecule has 2 bridgehead atoms. The molecule has 3 rings (SSSR count). The Bertz CT molecular complexity index is 483. The van der Waals surface area contributed by atoms with Gasteiger partial charge in [0.05, 0.1) is 5.92 Å². The summed E-state index contributed by atoms with van der Waals surface area (Å²) in [6.07, 6.45) is 3.12. The highest BCUT2D eigenvalue weighted by Crippen LogP contribution is 2.53. The summed E-state index contributed by atoms with van der Waals surface area (Å²) < 4.78 is 0. The van der Waals surface area contributed by atoms with Crippen LogP contribution in [-0.2, 0) is 4.79 Å². The average Bonchev–Trinajstić information content (AvgIpc) is 2.99. The number of primary amides is 1. The van der Waals surface area contributed by atoms with Crippen molar-refractivity contribution in [2.75, 3.05) is 0 Å². The molecule has 2 fully saturated rings. The van der Waals surface area contributed by atoms with Crippen LogP contribution >= 0.6 is 0 Å². The molecule has 0 heterocycles. The lowest BCUT2D eigenvalue weighted by Crippen LogP contribution is -2.38. The van der Waals surface area contributed by atoms with E-state index in [1.807, 2.05) is 30.3 Å². The molecule has 0 aliphatic heterocycles. The number of fused-ring (bicyclic) bond motifs is 2. The van der Waals surface area contributed by atoms with Crippen LogP contribution in [0.4, 0.5) is 0 Å². The molecule has 4 atom stereocenters. The van der Waals surface area contributed by atoms with Crippen LogP contribution in [0.15, 0.2) is 30.3 Å². The molecule has 3 nitrogen and oxygen atoms in total. The van der Waals surface area contributed by atoms with Crippen LogP contribution in [0.25, 0.3) is 0 Å². The molecular weight excluding hydrogens is 226 g/mol. The number of rotatable bonds is 3. The molecule has 0 unspecified atom stereocenters. The summed E-state index contributed by atoms with van der Waals surface area (Å²) >= 11 is 0. The van der Waals surface area contributed by atoms with Gasteiger partial charge in [-0.1, -0.05) is 30.3 Å². The van der Waals surface area contributed by atoms with Crippen molar-refractivity contribution in [1.82, 2.24) is 0 Å². The number of ketones is 1. The third kappa shape index (κ3) is 1.65. The van der Waals surface area contributed by atoms with Crippen LogP contribution in [0.1, 0.15) is 29.6 Å². The van der Waals surface area contributed by atoms with Crippen molar-refractivity contribution >= 4 is 11.7 Å². The van der Waals surface area contributed by atoms with E-state index >= 15 is 0 Å². The summed E-state index contributed by atoms with van der Waals surface area (Å²) in [6.45, 7) is 0. The Morgan fingerprint density at radius 2 is 1.61 bits per heavy atom. The van der Waals surface area contributed by atoms with E-state index in [-0.39, 0.29) is 23.5 Å². The summed E-state index contributed by atoms with van der Waals surface area (Å²) in [6, 6.07) is 9.27. The summed E-state index contributed by atoms with van der Waals surface area (Å²) in [4.78, 5) is 24.2. The molecule has 2 saturated carbocycles. The molecule has 0 aromatic heterocycles. The number of Topliss-reactive ketones (excluding diaryl/α,β-unsaturated/α-hetero) is 1. The van der Waals surface area contributed by atoms with Crippen molar-refractivity contribution in [2.24, 2.45) is 29.4 Å². The van der Waals surface area contributed by atoms with Gasteiger partial charge >= 0.3 is 0 Å². The zero-order chi connectivity index (χ0) is 12.7. The predicted octanol–water partition coefficient (Wildman–Crippen LogP) is 2.02. The molecule has 1 aromatic carbocycles. The lowest BCUT2D eigenvalue weighted by atomic mass is 9.75. The maximum atomic E-state index is 12.5. The highest BCUT2D eigenvalue weighted by Gasteiger charge is 2.52. The van der Waals surface area contributed by atoms with Gasteiger partial charge in [-0.05, 0) is 31.1 Å². The normalized spacial score (nSPS) is 33.6. The Labute approximate surface area is 106 Å². The Morgan fingerprint density at radius 1 is 1.00 bits per heavy atom. The fourth-order valence-corrected chi connectivity index (χ4v) is 3.87. The van der Waals surface area contributed by atoms with Gasteiger partial charge < -0.3 is 5.73 Å². The van der Waals surface area contributed by atoms with Gasteiger partial charge in [-0.2, -0.15) is 0 Å². The molecule has 3 heteroatoms. The smallest absolute Gasteiger partial charge is 0.221 e. The van der Waals surface area contributed by atoms with Gasteiger partial charge in [-0.25, -0.2) is 0 Å². The fourth-order valence-electron chi connectivity index (χ4n) is 3.87. The first-order valence-corrected chi connectivity index (χ1v) is 6.57. The largest absolute Gasteiger partial charge is 0.369 e. The zero-order valence-electron chi connectivity index (χ0n) is 10.2. The molecule has 94 valence electrons. The van der Waals surface area contributed by atoms with E-state index < -0.39 is 0 Å². The number of benzene rings is 1.